The van der Waals surface area contributed by atoms with Crippen molar-refractivity contribution in [1.29, 1.82) is 0 Å². The maximum absolute atomic E-state index is 12.8. The minimum Gasteiger partial charge on any atom is -0.462 e. The maximum Gasteiger partial charge on any atom is 0.338 e. The zero-order chi connectivity index (χ0) is 21.1. The summed E-state index contributed by atoms with van der Waals surface area (Å²) in [6.45, 7) is 4.33. The number of carbonyl (C=O) groups excluding carboxylic acids is 2. The van der Waals surface area contributed by atoms with E-state index in [9.17, 15) is 9.59 Å². The zero-order valence-corrected chi connectivity index (χ0v) is 17.0. The first-order valence-electron chi connectivity index (χ1n) is 10.1. The Morgan fingerprint density at radius 2 is 1.73 bits per heavy atom. The molecule has 0 aliphatic carbocycles. The zero-order valence-electron chi connectivity index (χ0n) is 17.0. The molecule has 4 rings (SSSR count). The molecular formula is C25H23NO4. The topological polar surface area (TPSA) is 68.5 Å². The van der Waals surface area contributed by atoms with Crippen LogP contribution in [0.4, 0.5) is 5.69 Å². The van der Waals surface area contributed by atoms with Gasteiger partial charge < -0.3 is 14.5 Å². The molecule has 5 heteroatoms. The molecule has 1 aromatic heterocycles. The van der Waals surface area contributed by atoms with Crippen molar-refractivity contribution in [3.63, 3.8) is 0 Å². The van der Waals surface area contributed by atoms with Gasteiger partial charge in [0.25, 0.3) is 5.91 Å². The lowest BCUT2D eigenvalue weighted by molar-refractivity contribution is 0.0499. The number of nitrogens with one attached hydrogen (secondary N) is 1. The van der Waals surface area contributed by atoms with E-state index < -0.39 is 0 Å². The number of esters is 1. The van der Waals surface area contributed by atoms with Crippen molar-refractivity contribution in [2.75, 3.05) is 11.9 Å². The van der Waals surface area contributed by atoms with Crippen molar-refractivity contribution in [3.8, 4) is 0 Å². The van der Waals surface area contributed by atoms with Crippen LogP contribution in [0.15, 0.2) is 65.1 Å². The molecule has 0 aliphatic heterocycles. The van der Waals surface area contributed by atoms with E-state index in [0.717, 1.165) is 34.6 Å². The highest BCUT2D eigenvalue weighted by molar-refractivity contribution is 6.11. The van der Waals surface area contributed by atoms with Gasteiger partial charge in [0.1, 0.15) is 5.58 Å². The highest BCUT2D eigenvalue weighted by Gasteiger charge is 2.19. The normalized spacial score (nSPS) is 11.0. The molecule has 0 atom stereocenters. The van der Waals surface area contributed by atoms with E-state index in [1.807, 2.05) is 50.2 Å². The Morgan fingerprint density at radius 1 is 0.967 bits per heavy atom. The minimum absolute atomic E-state index is 0.282. The number of rotatable bonds is 6. The lowest BCUT2D eigenvalue weighted by Gasteiger charge is -2.06. The van der Waals surface area contributed by atoms with Gasteiger partial charge in [-0.05, 0) is 43.0 Å². The average molecular weight is 401 g/mol. The molecule has 0 saturated carbocycles. The smallest absolute Gasteiger partial charge is 0.338 e. The van der Waals surface area contributed by atoms with Crippen LogP contribution in [0.1, 0.15) is 46.2 Å². The Kier molecular flexibility index (Phi) is 5.53. The summed E-state index contributed by atoms with van der Waals surface area (Å²) in [7, 11) is 0. The van der Waals surface area contributed by atoms with Gasteiger partial charge in [0.05, 0.1) is 12.2 Å². The van der Waals surface area contributed by atoms with E-state index in [1.54, 1.807) is 24.3 Å². The van der Waals surface area contributed by atoms with Crippen LogP contribution in [0.25, 0.3) is 21.7 Å². The first kappa shape index (κ1) is 19.7. The summed E-state index contributed by atoms with van der Waals surface area (Å²) < 4.78 is 11.2. The van der Waals surface area contributed by atoms with E-state index in [0.29, 0.717) is 23.4 Å². The van der Waals surface area contributed by atoms with Gasteiger partial charge in [0.2, 0.25) is 0 Å². The molecule has 0 saturated heterocycles. The largest absolute Gasteiger partial charge is 0.462 e. The quantitative estimate of drug-likeness (QED) is 0.313. The predicted octanol–water partition coefficient (Wildman–Crippen LogP) is 6.10. The molecule has 5 nitrogen and oxygen atoms in total. The number of fused-ring (bicyclic) bond motifs is 3. The Morgan fingerprint density at radius 3 is 2.50 bits per heavy atom. The minimum atomic E-state index is -0.360. The molecule has 0 radical (unpaired) electrons. The van der Waals surface area contributed by atoms with Crippen LogP contribution in [0.5, 0.6) is 0 Å². The Hall–Kier alpha value is -3.60. The fourth-order valence-electron chi connectivity index (χ4n) is 3.44. The highest BCUT2D eigenvalue weighted by Crippen LogP contribution is 2.32. The number of anilines is 1. The summed E-state index contributed by atoms with van der Waals surface area (Å²) in [5.74, 6) is -0.406. The molecule has 0 spiro atoms. The van der Waals surface area contributed by atoms with Crippen molar-refractivity contribution in [3.05, 3.63) is 77.6 Å². The summed E-state index contributed by atoms with van der Waals surface area (Å²) in [6.07, 6.45) is 1.81. The van der Waals surface area contributed by atoms with Crippen molar-refractivity contribution in [1.82, 2.24) is 0 Å². The molecule has 0 bridgehead atoms. The van der Waals surface area contributed by atoms with Gasteiger partial charge in [0, 0.05) is 22.0 Å². The molecule has 0 fully saturated rings. The second kappa shape index (κ2) is 8.41. The van der Waals surface area contributed by atoms with Crippen LogP contribution in [-0.4, -0.2) is 18.5 Å². The summed E-state index contributed by atoms with van der Waals surface area (Å²) in [5.41, 5.74) is 2.54. The third kappa shape index (κ3) is 3.79. The van der Waals surface area contributed by atoms with Gasteiger partial charge in [-0.15, -0.1) is 0 Å². The Balaban J connectivity index is 1.54. The van der Waals surface area contributed by atoms with Gasteiger partial charge in [-0.1, -0.05) is 49.7 Å². The Labute approximate surface area is 174 Å². The SMILES string of the molecule is CCCCOC(=O)c1ccc(NC(=O)c2oc3c(ccc4ccccc43)c2C)cc1. The van der Waals surface area contributed by atoms with E-state index in [-0.39, 0.29) is 17.6 Å². The standard InChI is InChI=1S/C25H23NO4/c1-3-4-15-29-25(28)18-9-12-19(13-10-18)26-24(27)22-16(2)20-14-11-17-7-5-6-8-21(17)23(20)30-22/h5-14H,3-4,15H2,1-2H3,(H,26,27). The van der Waals surface area contributed by atoms with Gasteiger partial charge in [-0.25, -0.2) is 4.79 Å². The maximum atomic E-state index is 12.8. The van der Waals surface area contributed by atoms with Gasteiger partial charge in [0.15, 0.2) is 5.76 Å². The van der Waals surface area contributed by atoms with Gasteiger partial charge in [-0.2, -0.15) is 0 Å². The fraction of sp³-hybridized carbons (Fsp3) is 0.200. The average Bonchev–Trinajstić information content (AvgIpc) is 3.11. The summed E-state index contributed by atoms with van der Waals surface area (Å²) in [6, 6.07) is 18.6. The van der Waals surface area contributed by atoms with Crippen LogP contribution in [0, 0.1) is 6.92 Å². The third-order valence-electron chi connectivity index (χ3n) is 5.14. The molecule has 1 heterocycles. The van der Waals surface area contributed by atoms with Gasteiger partial charge >= 0.3 is 5.97 Å². The van der Waals surface area contributed by atoms with Crippen LogP contribution in [0.2, 0.25) is 0 Å². The summed E-state index contributed by atoms with van der Waals surface area (Å²) in [4.78, 5) is 24.8. The number of hydrogen-bond donors (Lipinski definition) is 1. The molecule has 4 aromatic rings. The second-order valence-corrected chi connectivity index (χ2v) is 7.24. The number of furan rings is 1. The molecular weight excluding hydrogens is 378 g/mol. The van der Waals surface area contributed by atoms with Crippen LogP contribution in [-0.2, 0) is 4.74 Å². The van der Waals surface area contributed by atoms with E-state index in [4.69, 9.17) is 9.15 Å². The second-order valence-electron chi connectivity index (χ2n) is 7.24. The van der Waals surface area contributed by atoms with Crippen LogP contribution in [0.3, 0.4) is 0 Å². The number of aryl methyl sites for hydroxylation is 1. The van der Waals surface area contributed by atoms with E-state index >= 15 is 0 Å². The highest BCUT2D eigenvalue weighted by atomic mass is 16.5. The van der Waals surface area contributed by atoms with E-state index in [2.05, 4.69) is 5.32 Å². The van der Waals surface area contributed by atoms with Crippen molar-refractivity contribution in [2.24, 2.45) is 0 Å². The molecule has 1 amide bonds. The van der Waals surface area contributed by atoms with Crippen LogP contribution >= 0.6 is 0 Å². The number of unbranched alkanes of at least 4 members (excludes halogenated alkanes) is 1. The van der Waals surface area contributed by atoms with Crippen LogP contribution < -0.4 is 5.32 Å². The molecule has 0 unspecified atom stereocenters. The lowest BCUT2D eigenvalue weighted by Crippen LogP contribution is -2.12. The summed E-state index contributed by atoms with van der Waals surface area (Å²) in [5, 5.41) is 5.80. The fourth-order valence-corrected chi connectivity index (χ4v) is 3.44. The Bertz CT molecular complexity index is 1220. The van der Waals surface area contributed by atoms with Crippen molar-refractivity contribution < 1.29 is 18.7 Å². The van der Waals surface area contributed by atoms with E-state index in [1.165, 1.54) is 0 Å². The lowest BCUT2D eigenvalue weighted by atomic mass is 10.1. The molecule has 1 N–H and O–H groups in total. The molecule has 3 aromatic carbocycles. The number of amides is 1. The van der Waals surface area contributed by atoms with Gasteiger partial charge in [-0.3, -0.25) is 4.79 Å². The number of carbonyl (C=O) groups is 2. The molecule has 30 heavy (non-hydrogen) atoms. The first-order valence-corrected chi connectivity index (χ1v) is 10.1. The summed E-state index contributed by atoms with van der Waals surface area (Å²) >= 11 is 0. The molecule has 152 valence electrons. The van der Waals surface area contributed by atoms with Crippen molar-refractivity contribution >= 4 is 39.3 Å². The first-order chi connectivity index (χ1) is 14.6. The number of ether oxygens (including phenoxy) is 1. The van der Waals surface area contributed by atoms with Crippen molar-refractivity contribution in [2.45, 2.75) is 26.7 Å². The number of hydrogen-bond acceptors (Lipinski definition) is 4. The number of benzene rings is 3. The third-order valence-corrected chi connectivity index (χ3v) is 5.14. The molecule has 0 aliphatic rings. The predicted molar refractivity (Wildman–Crippen MR) is 118 cm³/mol. The monoisotopic (exact) mass is 401 g/mol.